The molecule has 7 nitrogen and oxygen atoms in total. The van der Waals surface area contributed by atoms with Gasteiger partial charge in [0.05, 0.1) is 12.2 Å². The van der Waals surface area contributed by atoms with E-state index in [9.17, 15) is 4.79 Å². The number of aryl methyl sites for hydroxylation is 1. The van der Waals surface area contributed by atoms with E-state index in [2.05, 4.69) is 15.0 Å². The van der Waals surface area contributed by atoms with Crippen LogP contribution in [-0.2, 0) is 13.1 Å². The second kappa shape index (κ2) is 9.33. The van der Waals surface area contributed by atoms with Gasteiger partial charge in [-0.2, -0.15) is 0 Å². The number of piperazine rings is 1. The van der Waals surface area contributed by atoms with E-state index in [0.29, 0.717) is 25.3 Å². The summed E-state index contributed by atoms with van der Waals surface area (Å²) in [4.78, 5) is 20.7. The van der Waals surface area contributed by atoms with E-state index < -0.39 is 0 Å². The molecule has 0 radical (unpaired) electrons. The maximum absolute atomic E-state index is 12.4. The molecule has 1 amide bonds. The standard InChI is InChI=1S/C14H19N5O2S.2ClH/c1-10-6-11(21-17-10)8-18-2-4-19(5-3-18)14(20)12-9-22-13(7-15)16-12;;/h6,9H,2-5,7-8,15H2,1H3;2*1H. The molecule has 1 fully saturated rings. The van der Waals surface area contributed by atoms with Gasteiger partial charge in [-0.25, -0.2) is 4.98 Å². The number of hydrogen-bond donors (Lipinski definition) is 1. The van der Waals surface area contributed by atoms with Gasteiger partial charge in [-0.05, 0) is 6.92 Å². The van der Waals surface area contributed by atoms with Crippen molar-refractivity contribution in [3.05, 3.63) is 33.6 Å². The summed E-state index contributed by atoms with van der Waals surface area (Å²) >= 11 is 1.43. The molecule has 24 heavy (non-hydrogen) atoms. The molecule has 3 rings (SSSR count). The lowest BCUT2D eigenvalue weighted by Crippen LogP contribution is -2.48. The van der Waals surface area contributed by atoms with Gasteiger partial charge in [0, 0.05) is 44.2 Å². The number of rotatable bonds is 4. The monoisotopic (exact) mass is 393 g/mol. The zero-order chi connectivity index (χ0) is 15.5. The van der Waals surface area contributed by atoms with E-state index in [1.54, 1.807) is 5.38 Å². The number of aromatic nitrogens is 2. The molecule has 2 N–H and O–H groups in total. The van der Waals surface area contributed by atoms with Crippen LogP contribution in [0.2, 0.25) is 0 Å². The lowest BCUT2D eigenvalue weighted by atomic mass is 10.2. The highest BCUT2D eigenvalue weighted by Gasteiger charge is 2.24. The van der Waals surface area contributed by atoms with Crippen molar-refractivity contribution in [2.45, 2.75) is 20.0 Å². The van der Waals surface area contributed by atoms with Crippen molar-refractivity contribution < 1.29 is 9.32 Å². The highest BCUT2D eigenvalue weighted by Crippen LogP contribution is 2.14. The molecule has 1 aliphatic rings. The van der Waals surface area contributed by atoms with Crippen molar-refractivity contribution in [2.75, 3.05) is 26.2 Å². The average molecular weight is 394 g/mol. The molecule has 2 aromatic rings. The Hall–Kier alpha value is -1.19. The fraction of sp³-hybridized carbons (Fsp3) is 0.500. The zero-order valence-corrected chi connectivity index (χ0v) is 15.8. The normalized spacial score (nSPS) is 14.8. The Kier molecular flexibility index (Phi) is 8.11. The predicted molar refractivity (Wildman–Crippen MR) is 96.9 cm³/mol. The molecule has 134 valence electrons. The Morgan fingerprint density at radius 1 is 1.33 bits per heavy atom. The number of thiazole rings is 1. The number of hydrogen-bond acceptors (Lipinski definition) is 7. The SMILES string of the molecule is Cc1cc(CN2CCN(C(=O)c3csc(CN)n3)CC2)on1.Cl.Cl. The number of carbonyl (C=O) groups is 1. The molecule has 0 unspecified atom stereocenters. The van der Waals surface area contributed by atoms with E-state index >= 15 is 0 Å². The van der Waals surface area contributed by atoms with E-state index in [4.69, 9.17) is 10.3 Å². The first-order valence-corrected chi connectivity index (χ1v) is 8.12. The molecule has 10 heteroatoms. The van der Waals surface area contributed by atoms with Crippen molar-refractivity contribution in [3.8, 4) is 0 Å². The summed E-state index contributed by atoms with van der Waals surface area (Å²) in [5.74, 6) is 0.857. The van der Waals surface area contributed by atoms with Gasteiger partial charge in [0.25, 0.3) is 5.91 Å². The van der Waals surface area contributed by atoms with Crippen molar-refractivity contribution in [1.29, 1.82) is 0 Å². The molecule has 1 saturated heterocycles. The Morgan fingerprint density at radius 3 is 2.58 bits per heavy atom. The van der Waals surface area contributed by atoms with Crippen molar-refractivity contribution in [1.82, 2.24) is 19.9 Å². The van der Waals surface area contributed by atoms with E-state index in [1.807, 2.05) is 17.9 Å². The van der Waals surface area contributed by atoms with Gasteiger partial charge in [0.1, 0.15) is 10.7 Å². The van der Waals surface area contributed by atoms with Crippen LogP contribution in [0.1, 0.15) is 27.0 Å². The van der Waals surface area contributed by atoms with Gasteiger partial charge in [-0.1, -0.05) is 5.16 Å². The maximum atomic E-state index is 12.4. The van der Waals surface area contributed by atoms with E-state index in [0.717, 1.165) is 36.1 Å². The topological polar surface area (TPSA) is 88.5 Å². The van der Waals surface area contributed by atoms with Crippen molar-refractivity contribution >= 4 is 42.1 Å². The lowest BCUT2D eigenvalue weighted by Gasteiger charge is -2.33. The van der Waals surface area contributed by atoms with Crippen molar-refractivity contribution in [3.63, 3.8) is 0 Å². The van der Waals surface area contributed by atoms with Crippen LogP contribution in [0.5, 0.6) is 0 Å². The average Bonchev–Trinajstić information content (AvgIpc) is 3.16. The molecule has 0 aromatic carbocycles. The molecule has 1 aliphatic heterocycles. The summed E-state index contributed by atoms with van der Waals surface area (Å²) in [6.45, 7) is 6.05. The molecule has 0 atom stereocenters. The Morgan fingerprint density at radius 2 is 2.04 bits per heavy atom. The van der Waals surface area contributed by atoms with E-state index in [-0.39, 0.29) is 30.7 Å². The van der Waals surface area contributed by atoms with Crippen LogP contribution in [0.3, 0.4) is 0 Å². The fourth-order valence-electron chi connectivity index (χ4n) is 2.49. The summed E-state index contributed by atoms with van der Waals surface area (Å²) in [6, 6.07) is 1.95. The van der Waals surface area contributed by atoms with Gasteiger partial charge < -0.3 is 15.2 Å². The quantitative estimate of drug-likeness (QED) is 0.849. The van der Waals surface area contributed by atoms with Crippen LogP contribution in [0.4, 0.5) is 0 Å². The fourth-order valence-corrected chi connectivity index (χ4v) is 3.13. The number of nitrogens with zero attached hydrogens (tertiary/aromatic N) is 4. The third-order valence-corrected chi connectivity index (χ3v) is 4.53. The smallest absolute Gasteiger partial charge is 0.273 e. The molecule has 2 aromatic heterocycles. The molecule has 0 bridgehead atoms. The summed E-state index contributed by atoms with van der Waals surface area (Å²) < 4.78 is 5.23. The molecule has 3 heterocycles. The second-order valence-corrected chi connectivity index (χ2v) is 6.28. The molecule has 0 aliphatic carbocycles. The van der Waals surface area contributed by atoms with Crippen LogP contribution < -0.4 is 5.73 Å². The minimum Gasteiger partial charge on any atom is -0.360 e. The summed E-state index contributed by atoms with van der Waals surface area (Å²) in [6.07, 6.45) is 0. The first kappa shape index (κ1) is 20.9. The molecular formula is C14H21Cl2N5O2S. The largest absolute Gasteiger partial charge is 0.360 e. The number of carbonyl (C=O) groups excluding carboxylic acids is 1. The Balaban J connectivity index is 0.00000144. The maximum Gasteiger partial charge on any atom is 0.273 e. The van der Waals surface area contributed by atoms with Crippen LogP contribution in [-0.4, -0.2) is 52.0 Å². The minimum absolute atomic E-state index is 0. The highest BCUT2D eigenvalue weighted by atomic mass is 35.5. The van der Waals surface area contributed by atoms with Crippen LogP contribution in [0.25, 0.3) is 0 Å². The lowest BCUT2D eigenvalue weighted by molar-refractivity contribution is 0.0612. The minimum atomic E-state index is -0.00823. The first-order chi connectivity index (χ1) is 10.7. The van der Waals surface area contributed by atoms with Crippen LogP contribution in [0.15, 0.2) is 16.0 Å². The van der Waals surface area contributed by atoms with Gasteiger partial charge >= 0.3 is 0 Å². The van der Waals surface area contributed by atoms with Crippen LogP contribution in [0, 0.1) is 6.92 Å². The van der Waals surface area contributed by atoms with Gasteiger partial charge in [-0.15, -0.1) is 36.2 Å². The van der Waals surface area contributed by atoms with Crippen molar-refractivity contribution in [2.24, 2.45) is 5.73 Å². The van der Waals surface area contributed by atoms with E-state index in [1.165, 1.54) is 11.3 Å². The van der Waals surface area contributed by atoms with Crippen LogP contribution >= 0.6 is 36.2 Å². The number of nitrogens with two attached hydrogens (primary N) is 1. The summed E-state index contributed by atoms with van der Waals surface area (Å²) in [5, 5.41) is 6.47. The molecular weight excluding hydrogens is 373 g/mol. The van der Waals surface area contributed by atoms with Gasteiger partial charge in [-0.3, -0.25) is 9.69 Å². The third kappa shape index (κ3) is 4.90. The van der Waals surface area contributed by atoms with Gasteiger partial charge in [0.2, 0.25) is 0 Å². The zero-order valence-electron chi connectivity index (χ0n) is 13.3. The Labute approximate surface area is 157 Å². The predicted octanol–water partition coefficient (Wildman–Crippen LogP) is 1.70. The second-order valence-electron chi connectivity index (χ2n) is 5.33. The third-order valence-electron chi connectivity index (χ3n) is 3.66. The summed E-state index contributed by atoms with van der Waals surface area (Å²) in [7, 11) is 0. The first-order valence-electron chi connectivity index (χ1n) is 7.24. The highest BCUT2D eigenvalue weighted by molar-refractivity contribution is 7.09. The molecule has 0 saturated carbocycles. The molecule has 0 spiro atoms. The Bertz CT molecular complexity index is 655. The number of amides is 1. The number of halogens is 2. The van der Waals surface area contributed by atoms with Gasteiger partial charge in [0.15, 0.2) is 5.76 Å². The summed E-state index contributed by atoms with van der Waals surface area (Å²) in [5.41, 5.74) is 6.93.